The molecule has 0 aliphatic carbocycles. The van der Waals surface area contributed by atoms with Crippen molar-refractivity contribution in [1.82, 2.24) is 20.1 Å². The zero-order chi connectivity index (χ0) is 27.0. The van der Waals surface area contributed by atoms with Gasteiger partial charge in [0.05, 0.1) is 42.0 Å². The van der Waals surface area contributed by atoms with Gasteiger partial charge in [-0.3, -0.25) is 14.4 Å². The number of nitrogens with zero attached hydrogens (tertiary/aromatic N) is 3. The van der Waals surface area contributed by atoms with Gasteiger partial charge in [0.2, 0.25) is 5.91 Å². The third-order valence-electron chi connectivity index (χ3n) is 6.71. The molecule has 3 heterocycles. The maximum atomic E-state index is 15.2. The molecule has 0 saturated carbocycles. The molecule has 198 valence electrons. The summed E-state index contributed by atoms with van der Waals surface area (Å²) >= 11 is 3.51. The van der Waals surface area contributed by atoms with Crippen LogP contribution in [0.5, 0.6) is 0 Å². The number of halogens is 2. The number of aromatic amines is 1. The van der Waals surface area contributed by atoms with E-state index in [-0.39, 0.29) is 25.5 Å². The maximum Gasteiger partial charge on any atom is 0.414 e. The Hall–Kier alpha value is -3.70. The summed E-state index contributed by atoms with van der Waals surface area (Å²) in [6.45, 7) is 4.78. The maximum absolute atomic E-state index is 15.2. The smallest absolute Gasteiger partial charge is 0.414 e. The molecule has 3 N–H and O–H groups in total. The van der Waals surface area contributed by atoms with Gasteiger partial charge in [-0.25, -0.2) is 9.18 Å². The van der Waals surface area contributed by atoms with Crippen molar-refractivity contribution in [3.05, 3.63) is 69.8 Å². The fourth-order valence-electron chi connectivity index (χ4n) is 4.66. The number of ether oxygens (including phenoxy) is 1. The number of cyclic esters (lactones) is 1. The second-order valence-electron chi connectivity index (χ2n) is 9.27. The molecule has 2 aromatic heterocycles. The van der Waals surface area contributed by atoms with Crippen LogP contribution < -0.4 is 10.2 Å². The number of aliphatic hydroxyl groups is 1. The third-order valence-corrected chi connectivity index (χ3v) is 7.86. The van der Waals surface area contributed by atoms with E-state index in [1.807, 2.05) is 30.7 Å². The highest BCUT2D eigenvalue weighted by atomic mass is 79.9. The van der Waals surface area contributed by atoms with Crippen molar-refractivity contribution in [2.24, 2.45) is 0 Å². The summed E-state index contributed by atoms with van der Waals surface area (Å²) in [5.41, 5.74) is 4.94. The summed E-state index contributed by atoms with van der Waals surface area (Å²) in [7, 11) is 0. The Kier molecular flexibility index (Phi) is 7.22. The molecule has 0 spiro atoms. The number of aryl methyl sites for hydroxylation is 1. The third kappa shape index (κ3) is 5.03. The van der Waals surface area contributed by atoms with Crippen LogP contribution in [0.15, 0.2) is 47.1 Å². The van der Waals surface area contributed by atoms with Crippen molar-refractivity contribution in [3.8, 4) is 11.1 Å². The van der Waals surface area contributed by atoms with Gasteiger partial charge in [0.1, 0.15) is 11.9 Å². The van der Waals surface area contributed by atoms with Gasteiger partial charge in [-0.1, -0.05) is 6.07 Å². The molecular formula is C27H27BrFN5O4. The van der Waals surface area contributed by atoms with Crippen LogP contribution in [-0.4, -0.2) is 57.7 Å². The highest BCUT2D eigenvalue weighted by molar-refractivity contribution is 9.10. The van der Waals surface area contributed by atoms with Gasteiger partial charge in [-0.2, -0.15) is 5.10 Å². The largest absolute Gasteiger partial charge is 0.441 e. The molecule has 1 aliphatic heterocycles. The molecule has 9 nitrogen and oxygen atoms in total. The molecule has 0 unspecified atom stereocenters. The summed E-state index contributed by atoms with van der Waals surface area (Å²) in [6.07, 6.45) is 0.727. The Bertz CT molecular complexity index is 1530. The summed E-state index contributed by atoms with van der Waals surface area (Å²) in [5.74, 6) is -0.612. The van der Waals surface area contributed by atoms with Gasteiger partial charge in [0, 0.05) is 34.9 Å². The lowest BCUT2D eigenvalue weighted by molar-refractivity contribution is -0.120. The van der Waals surface area contributed by atoms with E-state index in [1.54, 1.807) is 24.4 Å². The summed E-state index contributed by atoms with van der Waals surface area (Å²) in [6, 6.07) is 10.1. The lowest BCUT2D eigenvalue weighted by Gasteiger charge is -2.14. The summed E-state index contributed by atoms with van der Waals surface area (Å²) in [5, 5.41) is 17.5. The van der Waals surface area contributed by atoms with Crippen molar-refractivity contribution < 1.29 is 23.8 Å². The number of H-pyrrole nitrogens is 1. The monoisotopic (exact) mass is 583 g/mol. The zero-order valence-corrected chi connectivity index (χ0v) is 22.5. The standard InChI is InChI=1S/C27H27BrFN5O4/c1-15-26(28)16(2)34(32-15)8-7-30-25(36)10-18-12-31-24-6-3-17(9-22(18)24)21-5-4-19(11-23(21)29)33-13-20(14-35)38-27(33)37/h3-6,9,11-12,20,31,35H,7-8,10,13-14H2,1-2H3,(H,30,36)/t20-/m1/s1. The van der Waals surface area contributed by atoms with Crippen LogP contribution >= 0.6 is 15.9 Å². The quantitative estimate of drug-likeness (QED) is 0.287. The number of amides is 2. The van der Waals surface area contributed by atoms with E-state index in [0.717, 1.165) is 32.3 Å². The highest BCUT2D eigenvalue weighted by Crippen LogP contribution is 2.32. The molecular weight excluding hydrogens is 557 g/mol. The number of aromatic nitrogens is 3. The Balaban J connectivity index is 1.29. The minimum atomic E-state index is -0.627. The van der Waals surface area contributed by atoms with Crippen LogP contribution in [0.4, 0.5) is 14.9 Å². The molecule has 1 aliphatic rings. The first-order valence-electron chi connectivity index (χ1n) is 12.2. The van der Waals surface area contributed by atoms with Crippen molar-refractivity contribution in [2.75, 3.05) is 24.6 Å². The van der Waals surface area contributed by atoms with Gasteiger partial charge in [0.25, 0.3) is 0 Å². The predicted molar refractivity (Wildman–Crippen MR) is 145 cm³/mol. The predicted octanol–water partition coefficient (Wildman–Crippen LogP) is 4.23. The van der Waals surface area contributed by atoms with Crippen LogP contribution in [0.2, 0.25) is 0 Å². The number of nitrogens with one attached hydrogen (secondary N) is 2. The van der Waals surface area contributed by atoms with E-state index in [0.29, 0.717) is 29.9 Å². The average molecular weight is 584 g/mol. The molecule has 0 bridgehead atoms. The minimum absolute atomic E-state index is 0.119. The van der Waals surface area contributed by atoms with E-state index < -0.39 is 18.0 Å². The topological polar surface area (TPSA) is 112 Å². The second-order valence-corrected chi connectivity index (χ2v) is 10.1. The zero-order valence-electron chi connectivity index (χ0n) is 20.9. The Morgan fingerprint density at radius 3 is 2.79 bits per heavy atom. The van der Waals surface area contributed by atoms with Crippen molar-refractivity contribution >= 4 is 44.5 Å². The Morgan fingerprint density at radius 1 is 1.29 bits per heavy atom. The minimum Gasteiger partial charge on any atom is -0.441 e. The molecule has 4 aromatic rings. The molecule has 1 fully saturated rings. The number of carbonyl (C=O) groups is 2. The van der Waals surface area contributed by atoms with Gasteiger partial charge >= 0.3 is 6.09 Å². The molecule has 2 amide bonds. The Morgan fingerprint density at radius 2 is 2.11 bits per heavy atom. The summed E-state index contributed by atoms with van der Waals surface area (Å²) < 4.78 is 23.0. The number of hydrogen-bond acceptors (Lipinski definition) is 5. The van der Waals surface area contributed by atoms with E-state index >= 15 is 4.39 Å². The van der Waals surface area contributed by atoms with Crippen LogP contribution in [0.25, 0.3) is 22.0 Å². The van der Waals surface area contributed by atoms with E-state index in [4.69, 9.17) is 4.74 Å². The highest BCUT2D eigenvalue weighted by Gasteiger charge is 2.32. The number of carbonyl (C=O) groups excluding carboxylic acids is 2. The van der Waals surface area contributed by atoms with Gasteiger partial charge in [-0.15, -0.1) is 0 Å². The van der Waals surface area contributed by atoms with Crippen molar-refractivity contribution in [2.45, 2.75) is 32.9 Å². The van der Waals surface area contributed by atoms with Crippen molar-refractivity contribution in [1.29, 1.82) is 0 Å². The molecule has 38 heavy (non-hydrogen) atoms. The molecule has 1 atom stereocenters. The van der Waals surface area contributed by atoms with Gasteiger partial charge in [0.15, 0.2) is 0 Å². The fourth-order valence-corrected chi connectivity index (χ4v) is 4.94. The first-order valence-corrected chi connectivity index (χ1v) is 13.0. The van der Waals surface area contributed by atoms with Crippen LogP contribution in [0, 0.1) is 19.7 Å². The van der Waals surface area contributed by atoms with Gasteiger partial charge < -0.3 is 20.1 Å². The van der Waals surface area contributed by atoms with E-state index in [9.17, 15) is 14.7 Å². The van der Waals surface area contributed by atoms with Crippen molar-refractivity contribution in [3.63, 3.8) is 0 Å². The average Bonchev–Trinajstić information content (AvgIpc) is 3.55. The number of anilines is 1. The van der Waals surface area contributed by atoms with Crippen LogP contribution in [0.3, 0.4) is 0 Å². The number of rotatable bonds is 8. The molecule has 11 heteroatoms. The number of aliphatic hydroxyl groups excluding tert-OH is 1. The second kappa shape index (κ2) is 10.6. The SMILES string of the molecule is Cc1nn(CCNC(=O)Cc2c[nH]c3ccc(-c4ccc(N5C[C@H](CO)OC5=O)cc4F)cc23)c(C)c1Br. The van der Waals surface area contributed by atoms with Crippen LogP contribution in [0.1, 0.15) is 17.0 Å². The normalized spacial score (nSPS) is 15.3. The first-order chi connectivity index (χ1) is 18.2. The molecule has 0 radical (unpaired) electrons. The van der Waals surface area contributed by atoms with Gasteiger partial charge in [-0.05, 0) is 71.2 Å². The fraction of sp³-hybridized carbons (Fsp3) is 0.296. The lowest BCUT2D eigenvalue weighted by Crippen LogP contribution is -2.29. The molecule has 5 rings (SSSR count). The van der Waals surface area contributed by atoms with E-state index in [1.165, 1.54) is 11.0 Å². The number of benzene rings is 2. The Labute approximate surface area is 226 Å². The molecule has 1 saturated heterocycles. The number of fused-ring (bicyclic) bond motifs is 1. The summed E-state index contributed by atoms with van der Waals surface area (Å²) in [4.78, 5) is 29.2. The van der Waals surface area contributed by atoms with E-state index in [2.05, 4.69) is 31.3 Å². The number of hydrogen-bond donors (Lipinski definition) is 3. The first kappa shape index (κ1) is 25.9. The lowest BCUT2D eigenvalue weighted by atomic mass is 10.0. The van der Waals surface area contributed by atoms with Crippen LogP contribution in [-0.2, 0) is 22.5 Å². The molecule has 2 aromatic carbocycles.